The zero-order chi connectivity index (χ0) is 31.8. The van der Waals surface area contributed by atoms with Gasteiger partial charge in [-0.25, -0.2) is 0 Å². The fraction of sp³-hybridized carbons (Fsp3) is 0.100. The Morgan fingerprint density at radius 3 is 0.935 bits per heavy atom. The van der Waals surface area contributed by atoms with Crippen LogP contribution in [-0.4, -0.2) is 0 Å². The van der Waals surface area contributed by atoms with Gasteiger partial charge in [-0.3, -0.25) is 0 Å². The third-order valence-electron chi connectivity index (χ3n) is 7.59. The molecule has 228 valence electrons. The predicted octanol–water partition coefficient (Wildman–Crippen LogP) is 11.7. The highest BCUT2D eigenvalue weighted by molar-refractivity contribution is 8.00. The van der Waals surface area contributed by atoms with Crippen LogP contribution in [0, 0.1) is 13.8 Å². The molecule has 0 aliphatic heterocycles. The molecule has 0 amide bonds. The molecule has 6 aromatic carbocycles. The van der Waals surface area contributed by atoms with Gasteiger partial charge in [0.1, 0.15) is 0 Å². The van der Waals surface area contributed by atoms with Crippen LogP contribution in [0.2, 0.25) is 0 Å². The lowest BCUT2D eigenvalue weighted by Crippen LogP contribution is -2.29. The molecule has 3 nitrogen and oxygen atoms in total. The first-order valence-corrected chi connectivity index (χ1v) is 17.8. The maximum Gasteiger partial charge on any atom is 0.701 e. The van der Waals surface area contributed by atoms with Crippen molar-refractivity contribution in [2.24, 2.45) is 0 Å². The van der Waals surface area contributed by atoms with Gasteiger partial charge < -0.3 is 0 Å². The molecule has 0 aliphatic carbocycles. The number of benzene rings is 6. The van der Waals surface area contributed by atoms with Gasteiger partial charge in [0.15, 0.2) is 0 Å². The zero-order valence-electron chi connectivity index (χ0n) is 25.7. The summed E-state index contributed by atoms with van der Waals surface area (Å²) in [5, 5.41) is 0. The van der Waals surface area contributed by atoms with E-state index >= 15 is 0 Å². The Morgan fingerprint density at radius 2 is 0.674 bits per heavy atom. The van der Waals surface area contributed by atoms with Crippen LogP contribution < -0.4 is 0 Å². The van der Waals surface area contributed by atoms with Crippen LogP contribution in [0.3, 0.4) is 0 Å². The molecule has 0 spiro atoms. The van der Waals surface area contributed by atoms with Crippen molar-refractivity contribution in [3.8, 4) is 0 Å². The van der Waals surface area contributed by atoms with Crippen molar-refractivity contribution in [1.29, 1.82) is 0 Å². The van der Waals surface area contributed by atoms with Crippen LogP contribution >= 0.6 is 31.8 Å². The van der Waals surface area contributed by atoms with Crippen LogP contribution in [0.4, 0.5) is 0 Å². The van der Waals surface area contributed by atoms with Crippen LogP contribution in [0.5, 0.6) is 0 Å². The highest BCUT2D eigenvalue weighted by Crippen LogP contribution is 2.58. The fourth-order valence-electron chi connectivity index (χ4n) is 5.22. The minimum atomic E-state index is -2.75. The molecule has 0 unspecified atom stereocenters. The SMILES string of the molecule is Cc1ccc(SC(O[P+](=O)OC(Sc2ccc(C)cc2)(c2ccccc2)c2ccccc2)(c2ccccc2)c2ccccc2)cc1. The molecule has 46 heavy (non-hydrogen) atoms. The highest BCUT2D eigenvalue weighted by atomic mass is 32.2. The van der Waals surface area contributed by atoms with E-state index in [2.05, 4.69) is 62.4 Å². The van der Waals surface area contributed by atoms with Crippen LogP contribution in [0.15, 0.2) is 180 Å². The Hall–Kier alpha value is -3.96. The number of hydrogen-bond donors (Lipinski definition) is 0. The number of hydrogen-bond acceptors (Lipinski definition) is 5. The van der Waals surface area contributed by atoms with E-state index in [9.17, 15) is 4.57 Å². The van der Waals surface area contributed by atoms with Gasteiger partial charge in [0.25, 0.3) is 0 Å². The summed E-state index contributed by atoms with van der Waals surface area (Å²) in [6.07, 6.45) is 0. The smallest absolute Gasteiger partial charge is 0.0910 e. The summed E-state index contributed by atoms with van der Waals surface area (Å²) in [6.45, 7) is 4.13. The van der Waals surface area contributed by atoms with E-state index in [1.54, 1.807) is 0 Å². The largest absolute Gasteiger partial charge is 0.701 e. The molecule has 0 saturated carbocycles. The average Bonchev–Trinajstić information content (AvgIpc) is 3.11. The predicted molar refractivity (Wildman–Crippen MR) is 191 cm³/mol. The first-order chi connectivity index (χ1) is 22.5. The summed E-state index contributed by atoms with van der Waals surface area (Å²) < 4.78 is 28.4. The zero-order valence-corrected chi connectivity index (χ0v) is 28.2. The third-order valence-corrected chi connectivity index (χ3v) is 11.4. The van der Waals surface area contributed by atoms with Gasteiger partial charge in [-0.1, -0.05) is 189 Å². The number of thioether (sulfide) groups is 2. The standard InChI is InChI=1S/C40H34O3PS2/c1-31-23-27-37(28-24-31)45-39(33-15-7-3-8-16-33,34-17-9-4-10-18-34)42-44(41)43-40(35-19-11-5-12-20-35,36-21-13-6-14-22-36)46-38-29-25-32(2)26-30-38/h3-30H,1-2H3/q+1. The summed E-state index contributed by atoms with van der Waals surface area (Å²) in [5.41, 5.74) is 5.75. The second-order valence-corrected chi connectivity index (χ2v) is 14.2. The van der Waals surface area contributed by atoms with Gasteiger partial charge >= 0.3 is 8.25 Å². The molecule has 0 aromatic heterocycles. The molecule has 0 bridgehead atoms. The van der Waals surface area contributed by atoms with E-state index in [-0.39, 0.29) is 0 Å². The average molecular weight is 658 g/mol. The van der Waals surface area contributed by atoms with E-state index in [4.69, 9.17) is 9.05 Å². The van der Waals surface area contributed by atoms with E-state index in [0.29, 0.717) is 0 Å². The van der Waals surface area contributed by atoms with Gasteiger partial charge in [0.05, 0.1) is 0 Å². The summed E-state index contributed by atoms with van der Waals surface area (Å²) >= 11 is 3.02. The second kappa shape index (κ2) is 14.6. The first-order valence-electron chi connectivity index (χ1n) is 15.1. The fourth-order valence-corrected chi connectivity index (χ4v) is 8.99. The number of rotatable bonds is 12. The van der Waals surface area contributed by atoms with Gasteiger partial charge in [-0.05, 0) is 38.1 Å². The van der Waals surface area contributed by atoms with Crippen molar-refractivity contribution < 1.29 is 13.6 Å². The minimum Gasteiger partial charge on any atom is -0.0910 e. The summed E-state index contributed by atoms with van der Waals surface area (Å²) in [5.74, 6) is 0. The maximum absolute atomic E-state index is 14.7. The highest BCUT2D eigenvalue weighted by Gasteiger charge is 2.52. The lowest BCUT2D eigenvalue weighted by molar-refractivity contribution is 0.130. The molecule has 0 atom stereocenters. The van der Waals surface area contributed by atoms with E-state index in [0.717, 1.165) is 43.2 Å². The third kappa shape index (κ3) is 7.20. The topological polar surface area (TPSA) is 35.5 Å². The van der Waals surface area contributed by atoms with Crippen LogP contribution in [-0.2, 0) is 23.5 Å². The van der Waals surface area contributed by atoms with Gasteiger partial charge in [0, 0.05) is 36.6 Å². The molecule has 0 N–H and O–H groups in total. The van der Waals surface area contributed by atoms with Crippen LogP contribution in [0.25, 0.3) is 0 Å². The number of aryl methyl sites for hydroxylation is 2. The first kappa shape index (κ1) is 32.0. The molecule has 0 fully saturated rings. The Balaban J connectivity index is 1.49. The van der Waals surface area contributed by atoms with Gasteiger partial charge in [0.2, 0.25) is 9.87 Å². The van der Waals surface area contributed by atoms with Crippen molar-refractivity contribution in [3.63, 3.8) is 0 Å². The molecular formula is C40H34O3PS2+. The minimum absolute atomic E-state index is 0.856. The summed E-state index contributed by atoms with van der Waals surface area (Å²) in [6, 6.07) is 56.4. The summed E-state index contributed by atoms with van der Waals surface area (Å²) in [7, 11) is -2.75. The van der Waals surface area contributed by atoms with Crippen molar-refractivity contribution >= 4 is 31.8 Å². The second-order valence-electron chi connectivity index (χ2n) is 10.9. The monoisotopic (exact) mass is 657 g/mol. The van der Waals surface area contributed by atoms with Crippen molar-refractivity contribution in [1.82, 2.24) is 0 Å². The van der Waals surface area contributed by atoms with E-state index < -0.39 is 18.1 Å². The van der Waals surface area contributed by atoms with Crippen molar-refractivity contribution in [2.75, 3.05) is 0 Å². The lowest BCUT2D eigenvalue weighted by atomic mass is 10.0. The molecule has 6 heteroatoms. The molecule has 0 radical (unpaired) electrons. The molecule has 0 saturated heterocycles. The lowest BCUT2D eigenvalue weighted by Gasteiger charge is -2.31. The quantitative estimate of drug-likeness (QED) is 0.0743. The Morgan fingerprint density at radius 1 is 0.413 bits per heavy atom. The Labute approximate surface area is 281 Å². The Bertz CT molecular complexity index is 1630. The molecule has 6 rings (SSSR count). The summed E-state index contributed by atoms with van der Waals surface area (Å²) in [4.78, 5) is -0.404. The molecule has 0 aliphatic rings. The van der Waals surface area contributed by atoms with Crippen molar-refractivity contribution in [2.45, 2.75) is 33.5 Å². The van der Waals surface area contributed by atoms with E-state index in [1.807, 2.05) is 121 Å². The molecule has 0 heterocycles. The van der Waals surface area contributed by atoms with Crippen molar-refractivity contribution in [3.05, 3.63) is 203 Å². The Kier molecular flexibility index (Phi) is 10.2. The van der Waals surface area contributed by atoms with Gasteiger partial charge in [-0.15, -0.1) is 0 Å². The van der Waals surface area contributed by atoms with Crippen LogP contribution in [0.1, 0.15) is 33.4 Å². The van der Waals surface area contributed by atoms with E-state index in [1.165, 1.54) is 23.5 Å². The maximum atomic E-state index is 14.7. The normalized spacial score (nSPS) is 11.7. The molecular weight excluding hydrogens is 624 g/mol. The molecule has 6 aromatic rings. The van der Waals surface area contributed by atoms with Gasteiger partial charge in [-0.2, -0.15) is 0 Å².